The number of rotatable bonds is 3. The second kappa shape index (κ2) is 7.16. The van der Waals surface area contributed by atoms with Gasteiger partial charge in [-0.05, 0) is 36.4 Å². The Bertz CT molecular complexity index is 1050. The van der Waals surface area contributed by atoms with Crippen LogP contribution in [0.2, 0.25) is 0 Å². The van der Waals surface area contributed by atoms with Gasteiger partial charge in [-0.3, -0.25) is 0 Å². The Morgan fingerprint density at radius 3 is 2.03 bits per heavy atom. The standard InChI is InChI=1S/C17H13F6N3O3S/c18-16(19,20)11-6-8-12(9-7-11)26-10-15(27,17(21,22)23)24-14(26)25-30(28,29)13-4-2-1-3-5-13/h1-9,27H,10H2,(H,24,25). The van der Waals surface area contributed by atoms with E-state index in [1.54, 1.807) is 0 Å². The summed E-state index contributed by atoms with van der Waals surface area (Å²) in [7, 11) is -4.39. The summed E-state index contributed by atoms with van der Waals surface area (Å²) in [5, 5.41) is 9.91. The summed E-state index contributed by atoms with van der Waals surface area (Å²) in [6.45, 7) is -1.26. The molecule has 30 heavy (non-hydrogen) atoms. The molecule has 1 aliphatic heterocycles. The number of alkyl halides is 6. The smallest absolute Gasteiger partial charge is 0.361 e. The topological polar surface area (TPSA) is 82.0 Å². The van der Waals surface area contributed by atoms with Crippen LogP contribution in [0, 0.1) is 0 Å². The molecule has 0 fully saturated rings. The summed E-state index contributed by atoms with van der Waals surface area (Å²) in [4.78, 5) is 3.44. The minimum Gasteiger partial charge on any atom is -0.361 e. The molecule has 1 aliphatic rings. The third-order valence-corrected chi connectivity index (χ3v) is 5.51. The highest BCUT2D eigenvalue weighted by Crippen LogP contribution is 2.38. The molecular weight excluding hydrogens is 440 g/mol. The Hall–Kier alpha value is -2.80. The molecule has 0 bridgehead atoms. The van der Waals surface area contributed by atoms with Crippen LogP contribution in [0.1, 0.15) is 5.56 Å². The van der Waals surface area contributed by atoms with Crippen LogP contribution in [0.4, 0.5) is 32.0 Å². The molecule has 1 unspecified atom stereocenters. The Labute approximate surface area is 166 Å². The predicted molar refractivity (Wildman–Crippen MR) is 94.0 cm³/mol. The molecule has 6 nitrogen and oxygen atoms in total. The first kappa shape index (κ1) is 21.9. The van der Waals surface area contributed by atoms with Gasteiger partial charge in [0.2, 0.25) is 5.96 Å². The molecule has 0 saturated carbocycles. The van der Waals surface area contributed by atoms with Crippen LogP contribution >= 0.6 is 0 Å². The van der Waals surface area contributed by atoms with Crippen molar-refractivity contribution < 1.29 is 39.9 Å². The molecule has 3 rings (SSSR count). The fourth-order valence-corrected chi connectivity index (χ4v) is 3.65. The summed E-state index contributed by atoms with van der Waals surface area (Å²) >= 11 is 0. The van der Waals surface area contributed by atoms with Crippen molar-refractivity contribution in [3.05, 3.63) is 60.2 Å². The van der Waals surface area contributed by atoms with Gasteiger partial charge in [0.25, 0.3) is 15.7 Å². The van der Waals surface area contributed by atoms with Gasteiger partial charge in [-0.15, -0.1) is 0 Å². The zero-order chi connectivity index (χ0) is 22.4. The van der Waals surface area contributed by atoms with Gasteiger partial charge in [-0.25, -0.2) is 18.1 Å². The first-order chi connectivity index (χ1) is 13.7. The number of nitrogens with zero attached hydrogens (tertiary/aromatic N) is 2. The molecular formula is C17H13F6N3O3S. The van der Waals surface area contributed by atoms with Crippen molar-refractivity contribution in [2.75, 3.05) is 11.4 Å². The van der Waals surface area contributed by atoms with E-state index in [1.165, 1.54) is 30.3 Å². The van der Waals surface area contributed by atoms with Gasteiger partial charge in [0.1, 0.15) is 0 Å². The van der Waals surface area contributed by atoms with E-state index in [0.717, 1.165) is 12.1 Å². The molecule has 0 aliphatic carbocycles. The highest BCUT2D eigenvalue weighted by molar-refractivity contribution is 7.90. The van der Waals surface area contributed by atoms with Crippen LogP contribution in [-0.2, 0) is 16.2 Å². The Balaban J connectivity index is 2.01. The van der Waals surface area contributed by atoms with Crippen LogP contribution in [-0.4, -0.2) is 37.9 Å². The maximum atomic E-state index is 13.3. The summed E-state index contributed by atoms with van der Waals surface area (Å²) < 4.78 is 105. The lowest BCUT2D eigenvalue weighted by Gasteiger charge is -2.25. The molecule has 0 saturated heterocycles. The molecule has 0 radical (unpaired) electrons. The Morgan fingerprint density at radius 2 is 1.53 bits per heavy atom. The molecule has 162 valence electrons. The lowest BCUT2D eigenvalue weighted by Crippen LogP contribution is -2.48. The van der Waals surface area contributed by atoms with E-state index in [2.05, 4.69) is 4.99 Å². The number of hydrogen-bond donors (Lipinski definition) is 2. The number of anilines is 1. The Morgan fingerprint density at radius 1 is 0.967 bits per heavy atom. The van der Waals surface area contributed by atoms with Crippen molar-refractivity contribution >= 4 is 21.7 Å². The predicted octanol–water partition coefficient (Wildman–Crippen LogP) is 3.11. The SMILES string of the molecule is O=S(=O)(NC1=NC(O)(C(F)(F)F)CN1c1ccc(C(F)(F)F)cc1)c1ccccc1. The van der Waals surface area contributed by atoms with E-state index in [-0.39, 0.29) is 10.6 Å². The minimum absolute atomic E-state index is 0.238. The van der Waals surface area contributed by atoms with Crippen molar-refractivity contribution in [1.82, 2.24) is 4.72 Å². The number of hydrogen-bond acceptors (Lipinski definition) is 5. The summed E-state index contributed by atoms with van der Waals surface area (Å²) in [6, 6.07) is 9.55. The highest BCUT2D eigenvalue weighted by atomic mass is 32.2. The molecule has 2 aromatic rings. The average molecular weight is 453 g/mol. The van der Waals surface area contributed by atoms with Gasteiger partial charge in [0.05, 0.1) is 17.0 Å². The van der Waals surface area contributed by atoms with Crippen LogP contribution in [0.3, 0.4) is 0 Å². The maximum absolute atomic E-state index is 13.3. The van der Waals surface area contributed by atoms with Crippen LogP contribution < -0.4 is 9.62 Å². The lowest BCUT2D eigenvalue weighted by molar-refractivity contribution is -0.249. The molecule has 1 atom stereocenters. The van der Waals surface area contributed by atoms with Gasteiger partial charge in [-0.2, -0.15) is 26.3 Å². The lowest BCUT2D eigenvalue weighted by atomic mass is 10.1. The summed E-state index contributed by atoms with van der Waals surface area (Å²) in [5.41, 5.74) is -4.96. The van der Waals surface area contributed by atoms with Crippen LogP contribution in [0.15, 0.2) is 64.5 Å². The number of nitrogens with one attached hydrogen (secondary N) is 1. The fraction of sp³-hybridized carbons (Fsp3) is 0.235. The second-order valence-electron chi connectivity index (χ2n) is 6.30. The molecule has 13 heteroatoms. The van der Waals surface area contributed by atoms with Gasteiger partial charge >= 0.3 is 12.4 Å². The number of aliphatic hydroxyl groups is 1. The third kappa shape index (κ3) is 4.21. The van der Waals surface area contributed by atoms with Crippen LogP contribution in [0.5, 0.6) is 0 Å². The summed E-state index contributed by atoms with van der Waals surface area (Å²) in [6.07, 6.45) is -9.95. The van der Waals surface area contributed by atoms with Crippen LogP contribution in [0.25, 0.3) is 0 Å². The van der Waals surface area contributed by atoms with E-state index in [4.69, 9.17) is 0 Å². The normalized spacial score (nSPS) is 20.2. The molecule has 0 spiro atoms. The average Bonchev–Trinajstić information content (AvgIpc) is 2.99. The van der Waals surface area contributed by atoms with Crippen molar-refractivity contribution in [2.24, 2.45) is 4.99 Å². The molecule has 2 aromatic carbocycles. The van der Waals surface area contributed by atoms with Gasteiger partial charge in [-0.1, -0.05) is 18.2 Å². The van der Waals surface area contributed by atoms with Crippen molar-refractivity contribution in [3.8, 4) is 0 Å². The second-order valence-corrected chi connectivity index (χ2v) is 7.98. The molecule has 0 amide bonds. The zero-order valence-electron chi connectivity index (χ0n) is 14.7. The minimum atomic E-state index is -5.27. The van der Waals surface area contributed by atoms with Crippen molar-refractivity contribution in [1.29, 1.82) is 0 Å². The quantitative estimate of drug-likeness (QED) is 0.700. The van der Waals surface area contributed by atoms with E-state index in [9.17, 15) is 39.9 Å². The van der Waals surface area contributed by atoms with E-state index < -0.39 is 46.2 Å². The third-order valence-electron chi connectivity index (χ3n) is 4.16. The number of benzene rings is 2. The number of halogens is 6. The van der Waals surface area contributed by atoms with E-state index in [1.807, 2.05) is 4.72 Å². The van der Waals surface area contributed by atoms with Gasteiger partial charge < -0.3 is 10.0 Å². The first-order valence-corrected chi connectivity index (χ1v) is 9.63. The zero-order valence-corrected chi connectivity index (χ0v) is 15.6. The van der Waals surface area contributed by atoms with Crippen molar-refractivity contribution in [3.63, 3.8) is 0 Å². The number of guanidine groups is 1. The maximum Gasteiger partial charge on any atom is 0.440 e. The van der Waals surface area contributed by atoms with Gasteiger partial charge in [0.15, 0.2) is 0 Å². The number of β-amino-alcohol motifs (C(OH)–C–C–N with tert-alkyl or cyclic N) is 1. The number of aliphatic imine (C=N–C) groups is 1. The highest BCUT2D eigenvalue weighted by Gasteiger charge is 2.59. The molecule has 2 N–H and O–H groups in total. The van der Waals surface area contributed by atoms with E-state index in [0.29, 0.717) is 17.0 Å². The van der Waals surface area contributed by atoms with E-state index >= 15 is 0 Å². The Kier molecular flexibility index (Phi) is 5.23. The van der Waals surface area contributed by atoms with Crippen molar-refractivity contribution in [2.45, 2.75) is 23.0 Å². The molecule has 0 aromatic heterocycles. The summed E-state index contributed by atoms with van der Waals surface area (Å²) in [5.74, 6) is -0.890. The largest absolute Gasteiger partial charge is 0.440 e. The fourth-order valence-electron chi connectivity index (χ4n) is 2.62. The van der Waals surface area contributed by atoms with Gasteiger partial charge in [0, 0.05) is 5.69 Å². The molecule has 1 heterocycles. The first-order valence-electron chi connectivity index (χ1n) is 8.15. The number of sulfonamides is 1. The monoisotopic (exact) mass is 453 g/mol.